The number of hydrogen-bond acceptors (Lipinski definition) is 4. The highest BCUT2D eigenvalue weighted by Crippen LogP contribution is 2.39. The summed E-state index contributed by atoms with van der Waals surface area (Å²) in [7, 11) is 0. The molecule has 1 fully saturated rings. The first-order valence-corrected chi connectivity index (χ1v) is 10.3. The van der Waals surface area contributed by atoms with E-state index in [0.29, 0.717) is 22.8 Å². The number of nitrogens with one attached hydrogen (secondary N) is 2. The monoisotopic (exact) mass is 330 g/mol. The van der Waals surface area contributed by atoms with Crippen LogP contribution in [0, 0.1) is 0 Å². The zero-order valence-electron chi connectivity index (χ0n) is 12.4. The molecule has 1 saturated heterocycles. The van der Waals surface area contributed by atoms with Gasteiger partial charge in [-0.05, 0) is 38.1 Å². The van der Waals surface area contributed by atoms with Crippen molar-refractivity contribution >= 4 is 30.5 Å². The number of ether oxygens (including phenoxy) is 1. The maximum Gasteiger partial charge on any atom is 0.174 e. The molecule has 7 heteroatoms. The summed E-state index contributed by atoms with van der Waals surface area (Å²) in [5, 5.41) is 26.6. The van der Waals surface area contributed by atoms with Crippen LogP contribution in [0.4, 0.5) is 0 Å². The molecule has 0 bridgehead atoms. The molecule has 5 nitrogen and oxygen atoms in total. The number of hydrogen-bond donors (Lipinski definition) is 4. The molecule has 2 aliphatic rings. The van der Waals surface area contributed by atoms with Crippen LogP contribution in [-0.4, -0.2) is 65.5 Å². The number of aliphatic hydroxyl groups is 2. The second-order valence-corrected chi connectivity index (χ2v) is 10.9. The standard InChI is InChI=1S/C14H23N2O3PS/c1-8-9(7-15-14(21)16-8)13-12(18)11(17)10(19-13)5-6-20(2,3)4/h7,10-13,17-18H,1-2,5-6H2,3-4H3,(H2,15,16,21)/t10-,11-,12-,13+/m1/s1. The van der Waals surface area contributed by atoms with E-state index in [2.05, 4.69) is 36.8 Å². The molecule has 4 atom stereocenters. The Kier molecular flexibility index (Phi) is 4.96. The van der Waals surface area contributed by atoms with Gasteiger partial charge < -0.3 is 25.6 Å². The van der Waals surface area contributed by atoms with Gasteiger partial charge in [0.15, 0.2) is 5.11 Å². The summed E-state index contributed by atoms with van der Waals surface area (Å²) in [6.45, 7) is 6.98. The van der Waals surface area contributed by atoms with Crippen molar-refractivity contribution in [1.82, 2.24) is 10.6 Å². The van der Waals surface area contributed by atoms with Gasteiger partial charge in [0.05, 0.1) is 6.10 Å². The van der Waals surface area contributed by atoms with E-state index in [0.717, 1.165) is 6.16 Å². The third-order valence-electron chi connectivity index (χ3n) is 3.66. The lowest BCUT2D eigenvalue weighted by Gasteiger charge is -2.25. The highest BCUT2D eigenvalue weighted by atomic mass is 32.1. The third kappa shape index (κ3) is 3.96. The predicted octanol–water partition coefficient (Wildman–Crippen LogP) is 0.450. The summed E-state index contributed by atoms with van der Waals surface area (Å²) in [6.07, 6.45) is 4.57. The van der Waals surface area contributed by atoms with Gasteiger partial charge in [0.1, 0.15) is 18.3 Å². The molecular weight excluding hydrogens is 307 g/mol. The Morgan fingerprint density at radius 1 is 1.38 bits per heavy atom. The Hall–Kier alpha value is -0.650. The molecule has 0 aromatic carbocycles. The normalized spacial score (nSPS) is 33.4. The van der Waals surface area contributed by atoms with E-state index in [1.807, 2.05) is 0 Å². The second kappa shape index (κ2) is 6.23. The van der Waals surface area contributed by atoms with Gasteiger partial charge in [-0.2, -0.15) is 0 Å². The van der Waals surface area contributed by atoms with Gasteiger partial charge >= 0.3 is 0 Å². The Morgan fingerprint density at radius 3 is 2.62 bits per heavy atom. The first-order chi connectivity index (χ1) is 9.69. The Labute approximate surface area is 131 Å². The summed E-state index contributed by atoms with van der Waals surface area (Å²) in [6, 6.07) is 0. The van der Waals surface area contributed by atoms with E-state index in [1.54, 1.807) is 6.20 Å². The largest absolute Gasteiger partial charge is 0.388 e. The minimum atomic E-state index is -1.18. The van der Waals surface area contributed by atoms with Crippen molar-refractivity contribution in [2.75, 3.05) is 19.5 Å². The summed E-state index contributed by atoms with van der Waals surface area (Å²) < 4.78 is 5.86. The molecule has 0 spiro atoms. The SMILES string of the molecule is C=C1NC(=S)NC=C1[C@@H]1O[C@H](CCP(=C)(C)C)[C@@H](O)[C@H]1O. The van der Waals surface area contributed by atoms with Crippen LogP contribution in [0.1, 0.15) is 6.42 Å². The van der Waals surface area contributed by atoms with Gasteiger partial charge in [-0.3, -0.25) is 0 Å². The van der Waals surface area contributed by atoms with Crippen molar-refractivity contribution in [2.24, 2.45) is 0 Å². The smallest absolute Gasteiger partial charge is 0.174 e. The van der Waals surface area contributed by atoms with E-state index in [1.165, 1.54) is 0 Å². The fourth-order valence-corrected chi connectivity index (χ4v) is 3.59. The minimum absolute atomic E-state index is 0.381. The third-order valence-corrected chi connectivity index (χ3v) is 5.35. The van der Waals surface area contributed by atoms with Crippen molar-refractivity contribution in [3.05, 3.63) is 24.0 Å². The first kappa shape index (κ1) is 16.7. The highest BCUT2D eigenvalue weighted by Gasteiger charge is 2.45. The number of thiocarbonyl (C=S) groups is 1. The van der Waals surface area contributed by atoms with Crippen molar-refractivity contribution in [2.45, 2.75) is 30.8 Å². The molecule has 21 heavy (non-hydrogen) atoms. The van der Waals surface area contributed by atoms with E-state index >= 15 is 0 Å². The van der Waals surface area contributed by atoms with Crippen molar-refractivity contribution in [1.29, 1.82) is 0 Å². The van der Waals surface area contributed by atoms with Gasteiger partial charge in [0, 0.05) is 17.5 Å². The zero-order valence-corrected chi connectivity index (χ0v) is 14.1. The lowest BCUT2D eigenvalue weighted by Crippen LogP contribution is -2.41. The minimum Gasteiger partial charge on any atom is -0.388 e. The van der Waals surface area contributed by atoms with Gasteiger partial charge in [0.2, 0.25) is 0 Å². The molecule has 0 unspecified atom stereocenters. The molecular formula is C14H23N2O3PS. The molecule has 2 aliphatic heterocycles. The van der Waals surface area contributed by atoms with E-state index < -0.39 is 25.2 Å². The van der Waals surface area contributed by atoms with Crippen LogP contribution >= 0.6 is 19.1 Å². The molecule has 2 heterocycles. The molecule has 0 aliphatic carbocycles. The van der Waals surface area contributed by atoms with Crippen molar-refractivity contribution in [3.8, 4) is 0 Å². The van der Waals surface area contributed by atoms with E-state index in [9.17, 15) is 10.2 Å². The Morgan fingerprint density at radius 2 is 2.05 bits per heavy atom. The highest BCUT2D eigenvalue weighted by molar-refractivity contribution is 7.80. The van der Waals surface area contributed by atoms with Crippen LogP contribution in [0.2, 0.25) is 0 Å². The first-order valence-electron chi connectivity index (χ1n) is 6.85. The topological polar surface area (TPSA) is 73.8 Å². The second-order valence-electron chi connectivity index (χ2n) is 6.20. The molecule has 0 radical (unpaired) electrons. The van der Waals surface area contributed by atoms with Crippen LogP contribution in [0.5, 0.6) is 0 Å². The van der Waals surface area contributed by atoms with Crippen molar-refractivity contribution in [3.63, 3.8) is 0 Å². The molecule has 0 aromatic heterocycles. The quantitative estimate of drug-likeness (QED) is 0.443. The Balaban J connectivity index is 2.08. The summed E-state index contributed by atoms with van der Waals surface area (Å²) in [5.41, 5.74) is 1.27. The van der Waals surface area contributed by atoms with Crippen LogP contribution in [0.15, 0.2) is 24.0 Å². The van der Waals surface area contributed by atoms with Crippen LogP contribution in [-0.2, 0) is 4.74 Å². The predicted molar refractivity (Wildman–Crippen MR) is 92.1 cm³/mol. The van der Waals surface area contributed by atoms with Crippen LogP contribution < -0.4 is 10.6 Å². The van der Waals surface area contributed by atoms with Gasteiger partial charge in [0.25, 0.3) is 0 Å². The lowest BCUT2D eigenvalue weighted by molar-refractivity contribution is 0.0188. The Bertz CT molecular complexity index is 528. The lowest BCUT2D eigenvalue weighted by atomic mass is 9.99. The number of aliphatic hydroxyl groups excluding tert-OH is 2. The van der Waals surface area contributed by atoms with Crippen molar-refractivity contribution < 1.29 is 14.9 Å². The average Bonchev–Trinajstić information content (AvgIpc) is 2.64. The maximum absolute atomic E-state index is 10.2. The fourth-order valence-electron chi connectivity index (χ4n) is 2.45. The van der Waals surface area contributed by atoms with Gasteiger partial charge in [-0.25, -0.2) is 0 Å². The maximum atomic E-state index is 10.2. The zero-order chi connectivity index (χ0) is 15.8. The van der Waals surface area contributed by atoms with E-state index in [-0.39, 0.29) is 6.10 Å². The molecule has 2 rings (SSSR count). The number of rotatable bonds is 4. The van der Waals surface area contributed by atoms with Crippen LogP contribution in [0.25, 0.3) is 0 Å². The fraction of sp³-hybridized carbons (Fsp3) is 0.571. The van der Waals surface area contributed by atoms with Gasteiger partial charge in [-0.15, -0.1) is 13.2 Å². The van der Waals surface area contributed by atoms with Gasteiger partial charge in [-0.1, -0.05) is 6.58 Å². The molecule has 0 aromatic rings. The molecule has 0 amide bonds. The summed E-state index contributed by atoms with van der Waals surface area (Å²) >= 11 is 4.99. The summed E-state index contributed by atoms with van der Waals surface area (Å²) in [4.78, 5) is 0. The molecule has 4 N–H and O–H groups in total. The average molecular weight is 330 g/mol. The molecule has 0 saturated carbocycles. The van der Waals surface area contributed by atoms with E-state index in [4.69, 9.17) is 17.0 Å². The molecule has 118 valence electrons. The van der Waals surface area contributed by atoms with Crippen LogP contribution in [0.3, 0.4) is 0 Å². The summed E-state index contributed by atoms with van der Waals surface area (Å²) in [5.74, 6) is 0.